The minimum Gasteiger partial charge on any atom is -0.352 e. The van der Waals surface area contributed by atoms with E-state index in [2.05, 4.69) is 49.2 Å². The molecule has 3 heterocycles. The lowest BCUT2D eigenvalue weighted by molar-refractivity contribution is -0.120. The Morgan fingerprint density at radius 1 is 1.06 bits per heavy atom. The number of nitrogens with one attached hydrogen (secondary N) is 1. The number of anilines is 1. The molecular weight excluding hydrogens is 402 g/mol. The number of hydrogen-bond donors (Lipinski definition) is 1. The first kappa shape index (κ1) is 22.0. The number of rotatable bonds is 7. The van der Waals surface area contributed by atoms with Crippen molar-refractivity contribution in [3.8, 4) is 11.3 Å². The molecule has 1 aliphatic heterocycles. The van der Waals surface area contributed by atoms with Gasteiger partial charge in [-0.25, -0.2) is 4.98 Å². The molecule has 2 aromatic heterocycles. The zero-order valence-electron chi connectivity index (χ0n) is 19.1. The van der Waals surface area contributed by atoms with Gasteiger partial charge in [-0.1, -0.05) is 31.2 Å². The Morgan fingerprint density at radius 3 is 2.44 bits per heavy atom. The zero-order chi connectivity index (χ0) is 22.5. The Bertz CT molecular complexity index is 1050. The maximum Gasteiger partial charge on any atom is 0.219 e. The van der Waals surface area contributed by atoms with Gasteiger partial charge in [0.15, 0.2) is 5.82 Å². The van der Waals surface area contributed by atoms with Crippen molar-refractivity contribution in [2.75, 3.05) is 31.1 Å². The van der Waals surface area contributed by atoms with Gasteiger partial charge in [-0.3, -0.25) is 19.4 Å². The average molecular weight is 434 g/mol. The minimum atomic E-state index is 0.0584. The standard InChI is InChI=1S/C24H31N7O/c1-4-22(32)27-15-19-5-7-20(8-6-19)23-24(26-10-9-25-23)31-13-11-30(12-14-31)17-21-16-28-29(3)18(21)2/h5-10,16H,4,11-15,17H2,1-3H3,(H,27,32). The largest absolute Gasteiger partial charge is 0.352 e. The molecule has 0 radical (unpaired) electrons. The SMILES string of the molecule is CCC(=O)NCc1ccc(-c2nccnc2N2CCN(Cc3cnn(C)c3C)CC2)cc1. The second-order valence-electron chi connectivity index (χ2n) is 8.20. The van der Waals surface area contributed by atoms with Gasteiger partial charge in [0.25, 0.3) is 0 Å². The van der Waals surface area contributed by atoms with Gasteiger partial charge in [0.05, 0.1) is 6.20 Å². The number of aromatic nitrogens is 4. The van der Waals surface area contributed by atoms with E-state index in [4.69, 9.17) is 0 Å². The van der Waals surface area contributed by atoms with E-state index in [9.17, 15) is 4.79 Å². The summed E-state index contributed by atoms with van der Waals surface area (Å²) in [6.45, 7) is 9.20. The second kappa shape index (κ2) is 9.91. The lowest BCUT2D eigenvalue weighted by Gasteiger charge is -2.35. The Kier molecular flexibility index (Phi) is 6.80. The summed E-state index contributed by atoms with van der Waals surface area (Å²) in [6, 6.07) is 8.19. The van der Waals surface area contributed by atoms with Crippen molar-refractivity contribution in [3.63, 3.8) is 0 Å². The van der Waals surface area contributed by atoms with Gasteiger partial charge in [-0.2, -0.15) is 5.10 Å². The Balaban J connectivity index is 1.41. The molecule has 0 spiro atoms. The minimum absolute atomic E-state index is 0.0584. The van der Waals surface area contributed by atoms with Crippen molar-refractivity contribution in [3.05, 3.63) is 59.7 Å². The van der Waals surface area contributed by atoms with Gasteiger partial charge in [0.2, 0.25) is 5.91 Å². The van der Waals surface area contributed by atoms with Gasteiger partial charge >= 0.3 is 0 Å². The third kappa shape index (κ3) is 4.96. The number of amides is 1. The maximum atomic E-state index is 11.5. The van der Waals surface area contributed by atoms with Crippen LogP contribution >= 0.6 is 0 Å². The molecule has 0 unspecified atom stereocenters. The maximum absolute atomic E-state index is 11.5. The number of benzene rings is 1. The van der Waals surface area contributed by atoms with E-state index < -0.39 is 0 Å². The van der Waals surface area contributed by atoms with Crippen molar-refractivity contribution >= 4 is 11.7 Å². The third-order valence-electron chi connectivity index (χ3n) is 6.12. The van der Waals surface area contributed by atoms with Crippen molar-refractivity contribution in [1.82, 2.24) is 30.0 Å². The van der Waals surface area contributed by atoms with Crippen LogP contribution in [0.4, 0.5) is 5.82 Å². The van der Waals surface area contributed by atoms with Crippen LogP contribution in [0.3, 0.4) is 0 Å². The van der Waals surface area contributed by atoms with Crippen molar-refractivity contribution in [2.24, 2.45) is 7.05 Å². The molecular formula is C24H31N7O. The summed E-state index contributed by atoms with van der Waals surface area (Å²) in [5.41, 5.74) is 5.51. The van der Waals surface area contributed by atoms with Gasteiger partial charge in [0, 0.05) is 82.0 Å². The molecule has 1 aromatic carbocycles. The van der Waals surface area contributed by atoms with Crippen LogP contribution in [0, 0.1) is 6.92 Å². The quantitative estimate of drug-likeness (QED) is 0.617. The monoisotopic (exact) mass is 433 g/mol. The smallest absolute Gasteiger partial charge is 0.219 e. The molecule has 1 fully saturated rings. The van der Waals surface area contributed by atoms with Crippen molar-refractivity contribution in [1.29, 1.82) is 0 Å². The first-order chi connectivity index (χ1) is 15.5. The number of piperazine rings is 1. The summed E-state index contributed by atoms with van der Waals surface area (Å²) >= 11 is 0. The number of carbonyl (C=O) groups is 1. The highest BCUT2D eigenvalue weighted by Crippen LogP contribution is 2.28. The van der Waals surface area contributed by atoms with Gasteiger partial charge < -0.3 is 10.2 Å². The molecule has 8 nitrogen and oxygen atoms in total. The van der Waals surface area contributed by atoms with Crippen molar-refractivity contribution < 1.29 is 4.79 Å². The number of carbonyl (C=O) groups excluding carboxylic acids is 1. The van der Waals surface area contributed by atoms with E-state index in [1.807, 2.05) is 37.0 Å². The van der Waals surface area contributed by atoms with E-state index in [1.165, 1.54) is 11.3 Å². The molecule has 0 bridgehead atoms. The Labute approximate surface area is 189 Å². The molecule has 1 aliphatic rings. The predicted molar refractivity (Wildman–Crippen MR) is 125 cm³/mol. The van der Waals surface area contributed by atoms with E-state index in [1.54, 1.807) is 12.4 Å². The molecule has 32 heavy (non-hydrogen) atoms. The normalized spacial score (nSPS) is 14.5. The highest BCUT2D eigenvalue weighted by Gasteiger charge is 2.22. The lowest BCUT2D eigenvalue weighted by atomic mass is 10.1. The first-order valence-corrected chi connectivity index (χ1v) is 11.2. The van der Waals surface area contributed by atoms with Crippen LogP contribution in [0.25, 0.3) is 11.3 Å². The molecule has 1 saturated heterocycles. The van der Waals surface area contributed by atoms with Crippen molar-refractivity contribution in [2.45, 2.75) is 33.4 Å². The van der Waals surface area contributed by atoms with Crippen LogP contribution in [0.15, 0.2) is 42.9 Å². The van der Waals surface area contributed by atoms with Gasteiger partial charge in [-0.05, 0) is 12.5 Å². The summed E-state index contributed by atoms with van der Waals surface area (Å²) in [4.78, 5) is 25.6. The molecule has 0 saturated carbocycles. The first-order valence-electron chi connectivity index (χ1n) is 11.2. The van der Waals surface area contributed by atoms with Crippen LogP contribution in [0.5, 0.6) is 0 Å². The topological polar surface area (TPSA) is 79.2 Å². The Morgan fingerprint density at radius 2 is 1.78 bits per heavy atom. The number of hydrogen-bond acceptors (Lipinski definition) is 6. The fraction of sp³-hybridized carbons (Fsp3) is 0.417. The molecule has 0 aliphatic carbocycles. The average Bonchev–Trinajstić information content (AvgIpc) is 3.15. The zero-order valence-corrected chi connectivity index (χ0v) is 19.1. The van der Waals surface area contributed by atoms with E-state index >= 15 is 0 Å². The Hall–Kier alpha value is -3.26. The van der Waals surface area contributed by atoms with E-state index in [-0.39, 0.29) is 5.91 Å². The third-order valence-corrected chi connectivity index (χ3v) is 6.12. The summed E-state index contributed by atoms with van der Waals surface area (Å²) < 4.78 is 1.93. The van der Waals surface area contributed by atoms with Crippen LogP contribution in [0.2, 0.25) is 0 Å². The highest BCUT2D eigenvalue weighted by atomic mass is 16.1. The summed E-state index contributed by atoms with van der Waals surface area (Å²) in [7, 11) is 1.99. The van der Waals surface area contributed by atoms with Gasteiger partial charge in [-0.15, -0.1) is 0 Å². The lowest BCUT2D eigenvalue weighted by Crippen LogP contribution is -2.46. The molecule has 168 valence electrons. The van der Waals surface area contributed by atoms with Gasteiger partial charge in [0.1, 0.15) is 5.69 Å². The van der Waals surface area contributed by atoms with Crippen LogP contribution in [-0.4, -0.2) is 56.7 Å². The molecule has 8 heteroatoms. The number of nitrogens with zero attached hydrogens (tertiary/aromatic N) is 6. The number of aryl methyl sites for hydroxylation is 1. The van der Waals surface area contributed by atoms with E-state index in [0.717, 1.165) is 55.4 Å². The predicted octanol–water partition coefficient (Wildman–Crippen LogP) is 2.53. The molecule has 3 aromatic rings. The molecule has 4 rings (SSSR count). The highest BCUT2D eigenvalue weighted by molar-refractivity contribution is 5.75. The van der Waals surface area contributed by atoms with Crippen LogP contribution < -0.4 is 10.2 Å². The van der Waals surface area contributed by atoms with E-state index in [0.29, 0.717) is 13.0 Å². The summed E-state index contributed by atoms with van der Waals surface area (Å²) in [5, 5.41) is 7.27. The molecule has 1 amide bonds. The fourth-order valence-electron chi connectivity index (χ4n) is 3.93. The van der Waals surface area contributed by atoms with Crippen LogP contribution in [0.1, 0.15) is 30.2 Å². The fourth-order valence-corrected chi connectivity index (χ4v) is 3.93. The molecule has 0 atom stereocenters. The second-order valence-corrected chi connectivity index (χ2v) is 8.20. The summed E-state index contributed by atoms with van der Waals surface area (Å²) in [5.74, 6) is 0.986. The molecule has 1 N–H and O–H groups in total. The summed E-state index contributed by atoms with van der Waals surface area (Å²) in [6.07, 6.45) is 5.98. The van der Waals surface area contributed by atoms with Crippen LogP contribution in [-0.2, 0) is 24.9 Å².